The molecule has 1 aromatic heterocycles. The molecular weight excluding hydrogens is 182 g/mol. The zero-order chi connectivity index (χ0) is 10.6. The highest BCUT2D eigenvalue weighted by Gasteiger charge is 2.12. The Bertz CT molecular complexity index is 309. The van der Waals surface area contributed by atoms with Crippen molar-refractivity contribution in [3.05, 3.63) is 12.4 Å². The fourth-order valence-electron chi connectivity index (χ4n) is 1.07. The molecule has 0 spiro atoms. The lowest BCUT2D eigenvalue weighted by Gasteiger charge is -2.09. The van der Waals surface area contributed by atoms with Gasteiger partial charge in [-0.3, -0.25) is 9.48 Å². The number of esters is 1. The molecule has 0 aliphatic rings. The first-order chi connectivity index (χ1) is 6.63. The second kappa shape index (κ2) is 4.64. The molecule has 0 radical (unpaired) electrons. The van der Waals surface area contributed by atoms with Crippen LogP contribution in [-0.4, -0.2) is 29.4 Å². The first-order valence-corrected chi connectivity index (χ1v) is 4.44. The molecule has 0 aliphatic heterocycles. The van der Waals surface area contributed by atoms with Crippen LogP contribution < -0.4 is 5.32 Å². The number of rotatable bonds is 4. The summed E-state index contributed by atoms with van der Waals surface area (Å²) < 4.78 is 6.31. The Morgan fingerprint density at radius 1 is 1.79 bits per heavy atom. The third-order valence-corrected chi connectivity index (χ3v) is 1.92. The van der Waals surface area contributed by atoms with Crippen LogP contribution in [0, 0.1) is 5.92 Å². The number of carbonyl (C=O) groups is 1. The molecule has 1 atom stereocenters. The number of hydrogen-bond donors (Lipinski definition) is 1. The van der Waals surface area contributed by atoms with Crippen LogP contribution in [0.25, 0.3) is 0 Å². The molecule has 1 unspecified atom stereocenters. The predicted molar refractivity (Wildman–Crippen MR) is 52.9 cm³/mol. The summed E-state index contributed by atoms with van der Waals surface area (Å²) in [5, 5.41) is 7.09. The number of nitrogens with one attached hydrogen (secondary N) is 1. The Hall–Kier alpha value is -1.52. The highest BCUT2D eigenvalue weighted by atomic mass is 16.5. The lowest BCUT2D eigenvalue weighted by Crippen LogP contribution is -2.21. The Morgan fingerprint density at radius 3 is 3.00 bits per heavy atom. The topological polar surface area (TPSA) is 56.1 Å². The van der Waals surface area contributed by atoms with Crippen molar-refractivity contribution in [2.75, 3.05) is 19.0 Å². The first-order valence-electron chi connectivity index (χ1n) is 4.44. The number of nitrogens with zero attached hydrogens (tertiary/aromatic N) is 2. The van der Waals surface area contributed by atoms with E-state index >= 15 is 0 Å². The normalized spacial score (nSPS) is 12.2. The molecular formula is C9H15N3O2. The second-order valence-electron chi connectivity index (χ2n) is 3.21. The number of methoxy groups -OCH3 is 1. The van der Waals surface area contributed by atoms with E-state index in [-0.39, 0.29) is 11.9 Å². The van der Waals surface area contributed by atoms with E-state index in [4.69, 9.17) is 0 Å². The number of ether oxygens (including phenoxy) is 1. The van der Waals surface area contributed by atoms with Crippen molar-refractivity contribution in [2.24, 2.45) is 13.0 Å². The van der Waals surface area contributed by atoms with Gasteiger partial charge in [0.1, 0.15) is 0 Å². The molecule has 1 N–H and O–H groups in total. The molecule has 0 aromatic carbocycles. The highest BCUT2D eigenvalue weighted by Crippen LogP contribution is 2.05. The van der Waals surface area contributed by atoms with Crippen LogP contribution in [0.1, 0.15) is 6.92 Å². The van der Waals surface area contributed by atoms with E-state index in [1.165, 1.54) is 7.11 Å². The summed E-state index contributed by atoms with van der Waals surface area (Å²) in [6.45, 7) is 2.37. The minimum atomic E-state index is -0.207. The Morgan fingerprint density at radius 2 is 2.50 bits per heavy atom. The molecule has 0 bridgehead atoms. The van der Waals surface area contributed by atoms with Gasteiger partial charge in [0.2, 0.25) is 0 Å². The number of carbonyl (C=O) groups excluding carboxylic acids is 1. The van der Waals surface area contributed by atoms with Gasteiger partial charge in [-0.2, -0.15) is 5.10 Å². The standard InChI is InChI=1S/C9H15N3O2/c1-7(9(13)14-3)4-10-8-5-11-12(2)6-8/h5-7,10H,4H2,1-3H3. The summed E-state index contributed by atoms with van der Waals surface area (Å²) in [4.78, 5) is 11.1. The molecule has 78 valence electrons. The first kappa shape index (κ1) is 10.6. The van der Waals surface area contributed by atoms with Crippen LogP contribution >= 0.6 is 0 Å². The van der Waals surface area contributed by atoms with Crippen molar-refractivity contribution < 1.29 is 9.53 Å². The molecule has 0 fully saturated rings. The minimum Gasteiger partial charge on any atom is -0.469 e. The maximum absolute atomic E-state index is 11.1. The van der Waals surface area contributed by atoms with Crippen molar-refractivity contribution in [1.29, 1.82) is 0 Å². The number of aryl methyl sites for hydroxylation is 1. The molecule has 5 heteroatoms. The summed E-state index contributed by atoms with van der Waals surface area (Å²) in [5.74, 6) is -0.360. The minimum absolute atomic E-state index is 0.153. The van der Waals surface area contributed by atoms with Crippen LogP contribution in [0.2, 0.25) is 0 Å². The molecule has 5 nitrogen and oxygen atoms in total. The van der Waals surface area contributed by atoms with Gasteiger partial charge in [0.15, 0.2) is 0 Å². The summed E-state index contributed by atoms with van der Waals surface area (Å²) in [7, 11) is 3.23. The molecule has 0 amide bonds. The fraction of sp³-hybridized carbons (Fsp3) is 0.556. The average molecular weight is 197 g/mol. The predicted octanol–water partition coefficient (Wildman–Crippen LogP) is 0.641. The van der Waals surface area contributed by atoms with E-state index in [0.717, 1.165) is 5.69 Å². The smallest absolute Gasteiger partial charge is 0.310 e. The van der Waals surface area contributed by atoms with Gasteiger partial charge in [-0.05, 0) is 0 Å². The van der Waals surface area contributed by atoms with Gasteiger partial charge in [0.25, 0.3) is 0 Å². The molecule has 1 heterocycles. The number of aromatic nitrogens is 2. The summed E-state index contributed by atoms with van der Waals surface area (Å²) in [6.07, 6.45) is 3.56. The van der Waals surface area contributed by atoms with E-state index < -0.39 is 0 Å². The van der Waals surface area contributed by atoms with E-state index in [1.54, 1.807) is 10.9 Å². The third kappa shape index (κ3) is 2.76. The summed E-state index contributed by atoms with van der Waals surface area (Å²) >= 11 is 0. The number of anilines is 1. The summed E-state index contributed by atoms with van der Waals surface area (Å²) in [5.41, 5.74) is 0.906. The van der Waals surface area contributed by atoms with Crippen molar-refractivity contribution in [3.8, 4) is 0 Å². The van der Waals surface area contributed by atoms with Gasteiger partial charge in [0, 0.05) is 19.8 Å². The van der Waals surface area contributed by atoms with Crippen LogP contribution in [-0.2, 0) is 16.6 Å². The van der Waals surface area contributed by atoms with E-state index in [9.17, 15) is 4.79 Å². The molecule has 0 aliphatic carbocycles. The maximum atomic E-state index is 11.1. The van der Waals surface area contributed by atoms with Gasteiger partial charge in [-0.1, -0.05) is 6.92 Å². The molecule has 14 heavy (non-hydrogen) atoms. The van der Waals surface area contributed by atoms with Crippen LogP contribution in [0.5, 0.6) is 0 Å². The maximum Gasteiger partial charge on any atom is 0.310 e. The van der Waals surface area contributed by atoms with Crippen molar-refractivity contribution >= 4 is 11.7 Å². The Balaban J connectivity index is 2.37. The molecule has 1 rings (SSSR count). The largest absolute Gasteiger partial charge is 0.469 e. The van der Waals surface area contributed by atoms with E-state index in [0.29, 0.717) is 6.54 Å². The van der Waals surface area contributed by atoms with Gasteiger partial charge < -0.3 is 10.1 Å². The van der Waals surface area contributed by atoms with Crippen molar-refractivity contribution in [2.45, 2.75) is 6.92 Å². The molecule has 0 saturated carbocycles. The van der Waals surface area contributed by atoms with Gasteiger partial charge in [-0.15, -0.1) is 0 Å². The van der Waals surface area contributed by atoms with Crippen molar-refractivity contribution in [1.82, 2.24) is 9.78 Å². The lowest BCUT2D eigenvalue weighted by atomic mass is 10.2. The van der Waals surface area contributed by atoms with Crippen LogP contribution in [0.3, 0.4) is 0 Å². The highest BCUT2D eigenvalue weighted by molar-refractivity contribution is 5.72. The second-order valence-corrected chi connectivity index (χ2v) is 3.21. The fourth-order valence-corrected chi connectivity index (χ4v) is 1.07. The lowest BCUT2D eigenvalue weighted by molar-refractivity contribution is -0.144. The molecule has 1 aromatic rings. The molecule has 0 saturated heterocycles. The Kier molecular flexibility index (Phi) is 3.50. The van der Waals surface area contributed by atoms with E-state index in [2.05, 4.69) is 15.2 Å². The Labute approximate surface area is 83.1 Å². The number of hydrogen-bond acceptors (Lipinski definition) is 4. The summed E-state index contributed by atoms with van der Waals surface area (Å²) in [6, 6.07) is 0. The third-order valence-electron chi connectivity index (χ3n) is 1.92. The van der Waals surface area contributed by atoms with Gasteiger partial charge in [0.05, 0.1) is 24.9 Å². The SMILES string of the molecule is COC(=O)C(C)CNc1cnn(C)c1. The monoisotopic (exact) mass is 197 g/mol. The zero-order valence-corrected chi connectivity index (χ0v) is 8.65. The zero-order valence-electron chi connectivity index (χ0n) is 8.65. The van der Waals surface area contributed by atoms with Crippen LogP contribution in [0.15, 0.2) is 12.4 Å². The van der Waals surface area contributed by atoms with Crippen LogP contribution in [0.4, 0.5) is 5.69 Å². The van der Waals surface area contributed by atoms with E-state index in [1.807, 2.05) is 20.2 Å². The average Bonchev–Trinajstić information content (AvgIpc) is 2.59. The quantitative estimate of drug-likeness (QED) is 0.720. The van der Waals surface area contributed by atoms with Gasteiger partial charge in [-0.25, -0.2) is 0 Å². The van der Waals surface area contributed by atoms with Crippen molar-refractivity contribution in [3.63, 3.8) is 0 Å². The van der Waals surface area contributed by atoms with Gasteiger partial charge >= 0.3 is 5.97 Å².